The van der Waals surface area contributed by atoms with E-state index in [4.69, 9.17) is 4.42 Å². The molecule has 1 aromatic heterocycles. The number of oxazole rings is 1. The summed E-state index contributed by atoms with van der Waals surface area (Å²) >= 11 is 0. The van der Waals surface area contributed by atoms with Gasteiger partial charge in [0.15, 0.2) is 6.39 Å². The molecule has 0 aliphatic rings. The minimum atomic E-state index is 0.764. The van der Waals surface area contributed by atoms with Crippen LogP contribution in [0.4, 0.5) is 0 Å². The highest BCUT2D eigenvalue weighted by atomic mass is 16.3. The van der Waals surface area contributed by atoms with E-state index in [0.29, 0.717) is 0 Å². The van der Waals surface area contributed by atoms with Gasteiger partial charge in [-0.25, -0.2) is 4.98 Å². The Balaban J connectivity index is 1.97. The first-order chi connectivity index (χ1) is 8.29. The minimum absolute atomic E-state index is 0.764. The maximum atomic E-state index is 5.41. The second-order valence-electron chi connectivity index (χ2n) is 4.24. The third kappa shape index (κ3) is 3.17. The van der Waals surface area contributed by atoms with Crippen LogP contribution in [-0.2, 0) is 19.4 Å². The molecule has 1 heterocycles. The van der Waals surface area contributed by atoms with Crippen molar-refractivity contribution in [1.29, 1.82) is 0 Å². The van der Waals surface area contributed by atoms with Crippen LogP contribution in [0.1, 0.15) is 22.6 Å². The molecule has 90 valence electrons. The molecule has 3 heteroatoms. The van der Waals surface area contributed by atoms with Crippen molar-refractivity contribution < 1.29 is 4.42 Å². The van der Waals surface area contributed by atoms with Gasteiger partial charge in [0.1, 0.15) is 5.76 Å². The normalized spacial score (nSPS) is 10.7. The minimum Gasteiger partial charge on any atom is -0.448 e. The van der Waals surface area contributed by atoms with Crippen molar-refractivity contribution in [1.82, 2.24) is 10.3 Å². The van der Waals surface area contributed by atoms with Crippen molar-refractivity contribution in [2.75, 3.05) is 7.05 Å². The lowest BCUT2D eigenvalue weighted by atomic mass is 10.1. The van der Waals surface area contributed by atoms with Crippen molar-refractivity contribution in [3.63, 3.8) is 0 Å². The molecule has 1 N–H and O–H groups in total. The highest BCUT2D eigenvalue weighted by molar-refractivity contribution is 5.22. The molecule has 2 aromatic rings. The van der Waals surface area contributed by atoms with Gasteiger partial charge in [-0.05, 0) is 26.0 Å². The molecule has 0 spiro atoms. The van der Waals surface area contributed by atoms with Gasteiger partial charge in [0.05, 0.1) is 5.69 Å². The van der Waals surface area contributed by atoms with Crippen molar-refractivity contribution in [3.8, 4) is 0 Å². The molecule has 0 bridgehead atoms. The van der Waals surface area contributed by atoms with Gasteiger partial charge in [0.25, 0.3) is 0 Å². The van der Waals surface area contributed by atoms with E-state index in [0.717, 1.165) is 30.8 Å². The Morgan fingerprint density at radius 1 is 1.18 bits per heavy atom. The van der Waals surface area contributed by atoms with Crippen LogP contribution in [0.3, 0.4) is 0 Å². The highest BCUT2D eigenvalue weighted by Crippen LogP contribution is 2.12. The van der Waals surface area contributed by atoms with Gasteiger partial charge >= 0.3 is 0 Å². The fourth-order valence-corrected chi connectivity index (χ4v) is 1.82. The van der Waals surface area contributed by atoms with Crippen molar-refractivity contribution in [2.45, 2.75) is 26.3 Å². The summed E-state index contributed by atoms with van der Waals surface area (Å²) in [6.45, 7) is 2.87. The molecule has 3 nitrogen and oxygen atoms in total. The maximum Gasteiger partial charge on any atom is 0.181 e. The Morgan fingerprint density at radius 3 is 2.65 bits per heavy atom. The largest absolute Gasteiger partial charge is 0.448 e. The second kappa shape index (κ2) is 5.64. The summed E-state index contributed by atoms with van der Waals surface area (Å²) in [5.41, 5.74) is 3.64. The molecule has 0 unspecified atom stereocenters. The van der Waals surface area contributed by atoms with Gasteiger partial charge in [0, 0.05) is 13.0 Å². The molecule has 0 saturated heterocycles. The van der Waals surface area contributed by atoms with Crippen LogP contribution < -0.4 is 5.32 Å². The molecule has 0 radical (unpaired) electrons. The number of benzene rings is 1. The molecule has 0 atom stereocenters. The number of rotatable bonds is 5. The Labute approximate surface area is 102 Å². The van der Waals surface area contributed by atoms with Crippen LogP contribution in [0.5, 0.6) is 0 Å². The predicted octanol–water partition coefficient (Wildman–Crippen LogP) is 2.49. The van der Waals surface area contributed by atoms with E-state index in [1.54, 1.807) is 0 Å². The Morgan fingerprint density at radius 2 is 1.94 bits per heavy atom. The first-order valence-electron chi connectivity index (χ1n) is 5.91. The number of nitrogens with zero attached hydrogens (tertiary/aromatic N) is 1. The standard InChI is InChI=1S/C14H18N2O/c1-11-3-5-12(6-4-11)7-8-14-13(9-15-2)16-10-17-14/h3-6,10,15H,7-9H2,1-2H3. The van der Waals surface area contributed by atoms with E-state index in [-0.39, 0.29) is 0 Å². The summed E-state index contributed by atoms with van der Waals surface area (Å²) < 4.78 is 5.41. The van der Waals surface area contributed by atoms with Gasteiger partial charge in [-0.1, -0.05) is 29.8 Å². The number of hydrogen-bond donors (Lipinski definition) is 1. The molecular formula is C14H18N2O. The number of aryl methyl sites for hydroxylation is 3. The predicted molar refractivity (Wildman–Crippen MR) is 67.9 cm³/mol. The Kier molecular flexibility index (Phi) is 3.94. The Hall–Kier alpha value is -1.61. The van der Waals surface area contributed by atoms with E-state index in [1.165, 1.54) is 17.5 Å². The third-order valence-corrected chi connectivity index (χ3v) is 2.83. The van der Waals surface area contributed by atoms with Crippen LogP contribution in [0.25, 0.3) is 0 Å². The molecule has 0 aliphatic heterocycles. The molecular weight excluding hydrogens is 212 g/mol. The third-order valence-electron chi connectivity index (χ3n) is 2.83. The summed E-state index contributed by atoms with van der Waals surface area (Å²) in [5.74, 6) is 0.986. The van der Waals surface area contributed by atoms with Crippen LogP contribution in [0.15, 0.2) is 35.1 Å². The van der Waals surface area contributed by atoms with Crippen molar-refractivity contribution >= 4 is 0 Å². The summed E-state index contributed by atoms with van der Waals surface area (Å²) in [7, 11) is 1.92. The van der Waals surface area contributed by atoms with Gasteiger partial charge in [-0.3, -0.25) is 0 Å². The summed E-state index contributed by atoms with van der Waals surface area (Å²) in [6, 6.07) is 8.63. The van der Waals surface area contributed by atoms with Crippen LogP contribution in [0, 0.1) is 6.92 Å². The fraction of sp³-hybridized carbons (Fsp3) is 0.357. The lowest BCUT2D eigenvalue weighted by Crippen LogP contribution is -2.07. The quantitative estimate of drug-likeness (QED) is 0.857. The van der Waals surface area contributed by atoms with E-state index >= 15 is 0 Å². The summed E-state index contributed by atoms with van der Waals surface area (Å²) in [4.78, 5) is 4.20. The molecule has 1 aromatic carbocycles. The lowest BCUT2D eigenvalue weighted by Gasteiger charge is -2.02. The average molecular weight is 230 g/mol. The molecule has 17 heavy (non-hydrogen) atoms. The molecule has 0 amide bonds. The fourth-order valence-electron chi connectivity index (χ4n) is 1.82. The number of nitrogens with one attached hydrogen (secondary N) is 1. The van der Waals surface area contributed by atoms with E-state index in [2.05, 4.69) is 41.5 Å². The van der Waals surface area contributed by atoms with Crippen molar-refractivity contribution in [2.24, 2.45) is 0 Å². The van der Waals surface area contributed by atoms with Crippen molar-refractivity contribution in [3.05, 3.63) is 53.2 Å². The summed E-state index contributed by atoms with van der Waals surface area (Å²) in [6.07, 6.45) is 3.42. The Bertz CT molecular complexity index is 459. The molecule has 0 aliphatic carbocycles. The number of aromatic nitrogens is 1. The highest BCUT2D eigenvalue weighted by Gasteiger charge is 2.07. The van der Waals surface area contributed by atoms with E-state index < -0.39 is 0 Å². The lowest BCUT2D eigenvalue weighted by molar-refractivity contribution is 0.498. The first-order valence-corrected chi connectivity index (χ1v) is 5.91. The zero-order chi connectivity index (χ0) is 12.1. The topological polar surface area (TPSA) is 38.1 Å². The van der Waals surface area contributed by atoms with Crippen LogP contribution in [-0.4, -0.2) is 12.0 Å². The van der Waals surface area contributed by atoms with Gasteiger partial charge in [-0.2, -0.15) is 0 Å². The zero-order valence-corrected chi connectivity index (χ0v) is 10.4. The van der Waals surface area contributed by atoms with Gasteiger partial charge < -0.3 is 9.73 Å². The van der Waals surface area contributed by atoms with Gasteiger partial charge in [-0.15, -0.1) is 0 Å². The molecule has 2 rings (SSSR count). The second-order valence-corrected chi connectivity index (χ2v) is 4.24. The van der Waals surface area contributed by atoms with Gasteiger partial charge in [0.2, 0.25) is 0 Å². The van der Waals surface area contributed by atoms with E-state index in [1.807, 2.05) is 7.05 Å². The van der Waals surface area contributed by atoms with Crippen LogP contribution >= 0.6 is 0 Å². The summed E-state index contributed by atoms with van der Waals surface area (Å²) in [5, 5.41) is 3.09. The zero-order valence-electron chi connectivity index (χ0n) is 10.4. The number of hydrogen-bond acceptors (Lipinski definition) is 3. The average Bonchev–Trinajstić information content (AvgIpc) is 2.77. The molecule has 0 fully saturated rings. The maximum absolute atomic E-state index is 5.41. The SMILES string of the molecule is CNCc1ncoc1CCc1ccc(C)cc1. The smallest absolute Gasteiger partial charge is 0.181 e. The van der Waals surface area contributed by atoms with Crippen LogP contribution in [0.2, 0.25) is 0 Å². The monoisotopic (exact) mass is 230 g/mol. The van der Waals surface area contributed by atoms with E-state index in [9.17, 15) is 0 Å². The first kappa shape index (κ1) is 11.9. The molecule has 0 saturated carbocycles.